The van der Waals surface area contributed by atoms with E-state index in [2.05, 4.69) is 27.2 Å². The maximum absolute atomic E-state index is 12.0. The molecule has 1 saturated heterocycles. The zero-order chi connectivity index (χ0) is 19.9. The molecular formula is C22H23N3O4. The first-order valence-corrected chi connectivity index (χ1v) is 9.84. The van der Waals surface area contributed by atoms with Gasteiger partial charge in [0.15, 0.2) is 12.4 Å². The van der Waals surface area contributed by atoms with Crippen molar-refractivity contribution in [1.82, 2.24) is 10.2 Å². The zero-order valence-electron chi connectivity index (χ0n) is 16.1. The Bertz CT molecular complexity index is 937. The first-order chi connectivity index (χ1) is 14.3. The van der Waals surface area contributed by atoms with E-state index in [9.17, 15) is 4.79 Å². The molecular weight excluding hydrogens is 370 g/mol. The number of carbonyl (C=O) groups is 1. The van der Waals surface area contributed by atoms with Crippen LogP contribution in [0.4, 0.5) is 5.69 Å². The maximum Gasteiger partial charge on any atom is 0.331 e. The van der Waals surface area contributed by atoms with Gasteiger partial charge in [0.2, 0.25) is 0 Å². The lowest BCUT2D eigenvalue weighted by Crippen LogP contribution is -2.23. The highest BCUT2D eigenvalue weighted by Crippen LogP contribution is 2.21. The first-order valence-electron chi connectivity index (χ1n) is 9.84. The normalized spacial score (nSPS) is 14.8. The Morgan fingerprint density at radius 3 is 2.59 bits per heavy atom. The highest BCUT2D eigenvalue weighted by molar-refractivity contribution is 5.87. The van der Waals surface area contributed by atoms with E-state index >= 15 is 0 Å². The summed E-state index contributed by atoms with van der Waals surface area (Å²) in [5, 5.41) is 7.70. The van der Waals surface area contributed by atoms with Gasteiger partial charge in [-0.1, -0.05) is 25.0 Å². The van der Waals surface area contributed by atoms with Gasteiger partial charge in [0.25, 0.3) is 11.8 Å². The van der Waals surface area contributed by atoms with E-state index in [0.29, 0.717) is 5.76 Å². The first kappa shape index (κ1) is 19.0. The summed E-state index contributed by atoms with van der Waals surface area (Å²) >= 11 is 0. The minimum atomic E-state index is -0.473. The summed E-state index contributed by atoms with van der Waals surface area (Å²) in [6.07, 6.45) is 9.76. The van der Waals surface area contributed by atoms with E-state index in [0.717, 1.165) is 18.7 Å². The Morgan fingerprint density at radius 1 is 1.07 bits per heavy atom. The number of anilines is 1. The number of rotatable bonds is 6. The largest absolute Gasteiger partial charge is 0.459 e. The second-order valence-electron chi connectivity index (χ2n) is 6.91. The molecule has 0 bridgehead atoms. The van der Waals surface area contributed by atoms with E-state index in [1.807, 2.05) is 12.1 Å². The summed E-state index contributed by atoms with van der Waals surface area (Å²) in [5.41, 5.74) is 2.17. The molecule has 0 aliphatic carbocycles. The van der Waals surface area contributed by atoms with Crippen molar-refractivity contribution in [3.05, 3.63) is 60.2 Å². The van der Waals surface area contributed by atoms with Crippen LogP contribution < -0.4 is 4.90 Å². The van der Waals surface area contributed by atoms with Gasteiger partial charge < -0.3 is 18.5 Å². The number of hydrogen-bond donors (Lipinski definition) is 0. The molecule has 0 atom stereocenters. The van der Waals surface area contributed by atoms with Crippen LogP contribution in [0.15, 0.2) is 57.6 Å². The molecule has 3 aromatic rings. The van der Waals surface area contributed by atoms with Gasteiger partial charge in [0.05, 0.1) is 6.26 Å². The summed E-state index contributed by atoms with van der Waals surface area (Å²) in [6, 6.07) is 11.7. The van der Waals surface area contributed by atoms with Crippen molar-refractivity contribution >= 4 is 17.7 Å². The Morgan fingerprint density at radius 2 is 1.86 bits per heavy atom. The van der Waals surface area contributed by atoms with E-state index in [1.54, 1.807) is 18.2 Å². The van der Waals surface area contributed by atoms with Crippen molar-refractivity contribution in [2.45, 2.75) is 32.3 Å². The lowest BCUT2D eigenvalue weighted by molar-refractivity contribution is -0.139. The third-order valence-electron chi connectivity index (χ3n) is 4.81. The molecule has 29 heavy (non-hydrogen) atoms. The molecule has 4 rings (SSSR count). The van der Waals surface area contributed by atoms with Crippen LogP contribution in [0.1, 0.15) is 37.1 Å². The van der Waals surface area contributed by atoms with Crippen LogP contribution in [0.3, 0.4) is 0 Å². The molecule has 0 unspecified atom stereocenters. The molecule has 0 saturated carbocycles. The molecule has 0 spiro atoms. The van der Waals surface area contributed by atoms with Gasteiger partial charge in [-0.25, -0.2) is 4.79 Å². The fraction of sp³-hybridized carbons (Fsp3) is 0.318. The molecule has 7 heteroatoms. The standard InChI is InChI=1S/C22H23N3O4/c26-21(28-16-20-23-24-22(29-20)19-6-5-15-27-19)12-9-17-7-10-18(11-8-17)25-13-3-1-2-4-14-25/h5-12,15H,1-4,13-14,16H2/b12-9+. The molecule has 1 aliphatic rings. The number of furan rings is 1. The van der Waals surface area contributed by atoms with Crippen LogP contribution in [-0.2, 0) is 16.1 Å². The van der Waals surface area contributed by atoms with Crippen molar-refractivity contribution in [2.24, 2.45) is 0 Å². The number of esters is 1. The second-order valence-corrected chi connectivity index (χ2v) is 6.91. The predicted octanol–water partition coefficient (Wildman–Crippen LogP) is 4.47. The number of hydrogen-bond acceptors (Lipinski definition) is 7. The van der Waals surface area contributed by atoms with Crippen molar-refractivity contribution in [1.29, 1.82) is 0 Å². The van der Waals surface area contributed by atoms with Gasteiger partial charge in [-0.3, -0.25) is 0 Å². The molecule has 7 nitrogen and oxygen atoms in total. The Labute approximate surface area is 169 Å². The third kappa shape index (κ3) is 5.13. The number of carbonyl (C=O) groups excluding carboxylic acids is 1. The molecule has 0 amide bonds. The number of ether oxygens (including phenoxy) is 1. The van der Waals surface area contributed by atoms with Crippen LogP contribution in [0.25, 0.3) is 17.7 Å². The SMILES string of the molecule is O=C(/C=C/c1ccc(N2CCCCCC2)cc1)OCc1nnc(-c2ccco2)o1. The minimum Gasteiger partial charge on any atom is -0.459 e. The van der Waals surface area contributed by atoms with E-state index in [4.69, 9.17) is 13.6 Å². The summed E-state index contributed by atoms with van der Waals surface area (Å²) in [4.78, 5) is 14.4. The van der Waals surface area contributed by atoms with Crippen molar-refractivity contribution in [2.75, 3.05) is 18.0 Å². The van der Waals surface area contributed by atoms with E-state index < -0.39 is 5.97 Å². The Kier molecular flexibility index (Phi) is 6.04. The number of benzene rings is 1. The fourth-order valence-electron chi connectivity index (χ4n) is 3.28. The smallest absolute Gasteiger partial charge is 0.331 e. The lowest BCUT2D eigenvalue weighted by Gasteiger charge is -2.22. The minimum absolute atomic E-state index is 0.0925. The zero-order valence-corrected chi connectivity index (χ0v) is 16.1. The molecule has 0 radical (unpaired) electrons. The van der Waals surface area contributed by atoms with Gasteiger partial charge in [0.1, 0.15) is 0 Å². The van der Waals surface area contributed by atoms with Crippen LogP contribution in [0.5, 0.6) is 0 Å². The van der Waals surface area contributed by atoms with E-state index in [-0.39, 0.29) is 18.4 Å². The van der Waals surface area contributed by atoms with Crippen molar-refractivity contribution in [3.8, 4) is 11.7 Å². The molecule has 150 valence electrons. The lowest BCUT2D eigenvalue weighted by atomic mass is 10.1. The van der Waals surface area contributed by atoms with Crippen molar-refractivity contribution < 1.29 is 18.4 Å². The summed E-state index contributed by atoms with van der Waals surface area (Å²) < 4.78 is 15.7. The van der Waals surface area contributed by atoms with Gasteiger partial charge >= 0.3 is 5.97 Å². The Hall–Kier alpha value is -3.35. The second kappa shape index (κ2) is 9.23. The molecule has 0 N–H and O–H groups in total. The highest BCUT2D eigenvalue weighted by Gasteiger charge is 2.12. The molecule has 1 fully saturated rings. The van der Waals surface area contributed by atoms with Crippen LogP contribution in [0.2, 0.25) is 0 Å². The predicted molar refractivity (Wildman–Crippen MR) is 108 cm³/mol. The van der Waals surface area contributed by atoms with Gasteiger partial charge in [-0.15, -0.1) is 10.2 Å². The quantitative estimate of drug-likeness (QED) is 0.451. The number of aromatic nitrogens is 2. The molecule has 1 aromatic carbocycles. The van der Waals surface area contributed by atoms with Crippen LogP contribution >= 0.6 is 0 Å². The van der Waals surface area contributed by atoms with Gasteiger partial charge in [-0.05, 0) is 48.7 Å². The van der Waals surface area contributed by atoms with E-state index in [1.165, 1.54) is 43.7 Å². The van der Waals surface area contributed by atoms with Gasteiger partial charge in [-0.2, -0.15) is 0 Å². The maximum atomic E-state index is 12.0. The van der Waals surface area contributed by atoms with Gasteiger partial charge in [0, 0.05) is 24.9 Å². The van der Waals surface area contributed by atoms with Crippen molar-refractivity contribution in [3.63, 3.8) is 0 Å². The summed E-state index contributed by atoms with van der Waals surface area (Å²) in [6.45, 7) is 2.13. The summed E-state index contributed by atoms with van der Waals surface area (Å²) in [7, 11) is 0. The topological polar surface area (TPSA) is 81.6 Å². The highest BCUT2D eigenvalue weighted by atomic mass is 16.5. The summed E-state index contributed by atoms with van der Waals surface area (Å²) in [5.74, 6) is 0.457. The molecule has 1 aliphatic heterocycles. The third-order valence-corrected chi connectivity index (χ3v) is 4.81. The average Bonchev–Trinajstić information content (AvgIpc) is 3.38. The Balaban J connectivity index is 1.28. The van der Waals surface area contributed by atoms with Crippen LogP contribution in [0, 0.1) is 0 Å². The fourth-order valence-corrected chi connectivity index (χ4v) is 3.28. The average molecular weight is 393 g/mol. The molecule has 2 aromatic heterocycles. The molecule has 3 heterocycles. The monoisotopic (exact) mass is 393 g/mol. The number of nitrogens with zero attached hydrogens (tertiary/aromatic N) is 3. The van der Waals surface area contributed by atoms with Crippen LogP contribution in [-0.4, -0.2) is 29.3 Å².